The summed E-state index contributed by atoms with van der Waals surface area (Å²) >= 11 is 0. The summed E-state index contributed by atoms with van der Waals surface area (Å²) in [7, 11) is -0.347. The number of hydrogen-bond acceptors (Lipinski definition) is 6. The van der Waals surface area contributed by atoms with Gasteiger partial charge in [-0.05, 0) is 54.3 Å². The van der Waals surface area contributed by atoms with Gasteiger partial charge in [0.1, 0.15) is 0 Å². The highest BCUT2D eigenvalue weighted by Crippen LogP contribution is 2.33. The number of nitriles is 1. The van der Waals surface area contributed by atoms with Crippen molar-refractivity contribution < 1.29 is 22.7 Å². The van der Waals surface area contributed by atoms with Crippen molar-refractivity contribution in [2.45, 2.75) is 19.4 Å². The molecular weight excluding hydrogens is 418 g/mol. The zero-order valence-electron chi connectivity index (χ0n) is 17.6. The molecule has 0 bridgehead atoms. The van der Waals surface area contributed by atoms with E-state index in [1.54, 1.807) is 32.4 Å². The van der Waals surface area contributed by atoms with Gasteiger partial charge in [0.05, 0.1) is 31.6 Å². The van der Waals surface area contributed by atoms with Crippen molar-refractivity contribution in [2.24, 2.45) is 0 Å². The maximum absolute atomic E-state index is 12.8. The van der Waals surface area contributed by atoms with Crippen molar-refractivity contribution >= 4 is 15.9 Å². The Morgan fingerprint density at radius 1 is 1.16 bits per heavy atom. The van der Waals surface area contributed by atoms with Crippen LogP contribution in [0.4, 0.5) is 0 Å². The molecule has 1 aliphatic rings. The monoisotopic (exact) mass is 443 g/mol. The first kappa shape index (κ1) is 22.6. The Morgan fingerprint density at radius 2 is 1.87 bits per heavy atom. The van der Waals surface area contributed by atoms with Crippen LogP contribution in [-0.2, 0) is 23.0 Å². The largest absolute Gasteiger partial charge is 0.493 e. The molecule has 0 aliphatic carbocycles. The highest BCUT2D eigenvalue weighted by atomic mass is 32.2. The number of nitrogens with zero attached hydrogens (tertiary/aromatic N) is 2. The number of rotatable bonds is 8. The van der Waals surface area contributed by atoms with Crippen LogP contribution in [0.1, 0.15) is 33.5 Å². The van der Waals surface area contributed by atoms with Gasteiger partial charge in [0.15, 0.2) is 11.5 Å². The van der Waals surface area contributed by atoms with Crippen molar-refractivity contribution in [3.8, 4) is 17.6 Å². The fourth-order valence-corrected chi connectivity index (χ4v) is 4.98. The predicted molar refractivity (Wildman–Crippen MR) is 116 cm³/mol. The standard InChI is InChI=1S/C22H25N3O5S/c1-29-20-12-17-7-9-25(15-19(17)13-21(20)30-2)31(27,28)10-4-8-24-22(26)18-6-3-5-16(11-18)14-23/h3,5-6,11-13H,4,7-10,15H2,1-2H3,(H,24,26). The SMILES string of the molecule is COc1cc2c(cc1OC)CN(S(=O)(=O)CCCNC(=O)c1cccc(C#N)c1)CC2. The normalized spacial score (nSPS) is 13.7. The van der Waals surface area contributed by atoms with Gasteiger partial charge < -0.3 is 14.8 Å². The number of benzene rings is 2. The van der Waals surface area contributed by atoms with Crippen molar-refractivity contribution in [3.05, 3.63) is 58.7 Å². The fraction of sp³-hybridized carbons (Fsp3) is 0.364. The van der Waals surface area contributed by atoms with Gasteiger partial charge in [0, 0.05) is 25.2 Å². The van der Waals surface area contributed by atoms with Gasteiger partial charge in [-0.2, -0.15) is 9.57 Å². The lowest BCUT2D eigenvalue weighted by Gasteiger charge is -2.29. The first-order valence-corrected chi connectivity index (χ1v) is 11.5. The summed E-state index contributed by atoms with van der Waals surface area (Å²) in [6, 6.07) is 12.1. The number of nitrogens with one attached hydrogen (secondary N) is 1. The minimum atomic E-state index is -3.47. The van der Waals surface area contributed by atoms with E-state index in [1.165, 1.54) is 10.4 Å². The van der Waals surface area contributed by atoms with Gasteiger partial charge in [0.2, 0.25) is 10.0 Å². The molecular formula is C22H25N3O5S. The molecule has 0 aromatic heterocycles. The summed E-state index contributed by atoms with van der Waals surface area (Å²) < 4.78 is 37.7. The summed E-state index contributed by atoms with van der Waals surface area (Å²) in [5, 5.41) is 11.6. The van der Waals surface area contributed by atoms with Gasteiger partial charge in [0.25, 0.3) is 5.91 Å². The molecule has 0 saturated heterocycles. The average Bonchev–Trinajstić information content (AvgIpc) is 2.80. The van der Waals surface area contributed by atoms with E-state index in [9.17, 15) is 13.2 Å². The van der Waals surface area contributed by atoms with Gasteiger partial charge >= 0.3 is 0 Å². The third-order valence-electron chi connectivity index (χ3n) is 5.19. The lowest BCUT2D eigenvalue weighted by atomic mass is 10.0. The van der Waals surface area contributed by atoms with Crippen LogP contribution in [0.15, 0.2) is 36.4 Å². The molecule has 1 N–H and O–H groups in total. The molecule has 1 heterocycles. The summed E-state index contributed by atoms with van der Waals surface area (Å²) in [4.78, 5) is 12.2. The summed E-state index contributed by atoms with van der Waals surface area (Å²) in [6.45, 7) is 0.910. The van der Waals surface area contributed by atoms with Crippen LogP contribution in [0.5, 0.6) is 11.5 Å². The maximum atomic E-state index is 12.8. The second-order valence-electron chi connectivity index (χ2n) is 7.18. The Balaban J connectivity index is 1.56. The number of sulfonamides is 1. The number of carbonyl (C=O) groups is 1. The molecule has 0 unspecified atom stereocenters. The van der Waals surface area contributed by atoms with Crippen LogP contribution in [0.3, 0.4) is 0 Å². The van der Waals surface area contributed by atoms with Crippen LogP contribution < -0.4 is 14.8 Å². The number of ether oxygens (including phenoxy) is 2. The zero-order valence-corrected chi connectivity index (χ0v) is 18.4. The Bertz CT molecular complexity index is 1110. The number of carbonyl (C=O) groups excluding carboxylic acids is 1. The smallest absolute Gasteiger partial charge is 0.251 e. The van der Waals surface area contributed by atoms with Crippen molar-refractivity contribution in [1.82, 2.24) is 9.62 Å². The number of amides is 1. The highest BCUT2D eigenvalue weighted by Gasteiger charge is 2.27. The van der Waals surface area contributed by atoms with Crippen LogP contribution >= 0.6 is 0 Å². The van der Waals surface area contributed by atoms with Crippen LogP contribution in [-0.4, -0.2) is 51.7 Å². The van der Waals surface area contributed by atoms with E-state index >= 15 is 0 Å². The van der Waals surface area contributed by atoms with E-state index in [4.69, 9.17) is 14.7 Å². The Labute approximate surface area is 182 Å². The van der Waals surface area contributed by atoms with Gasteiger partial charge in [-0.1, -0.05) is 6.07 Å². The molecule has 9 heteroatoms. The molecule has 0 radical (unpaired) electrons. The van der Waals surface area contributed by atoms with E-state index in [0.29, 0.717) is 42.0 Å². The first-order valence-electron chi connectivity index (χ1n) is 9.88. The second kappa shape index (κ2) is 9.81. The molecule has 164 valence electrons. The zero-order chi connectivity index (χ0) is 22.4. The molecule has 1 amide bonds. The molecule has 0 fully saturated rings. The Hall–Kier alpha value is -3.09. The average molecular weight is 444 g/mol. The lowest BCUT2D eigenvalue weighted by Crippen LogP contribution is -2.38. The maximum Gasteiger partial charge on any atom is 0.251 e. The molecule has 2 aromatic carbocycles. The molecule has 31 heavy (non-hydrogen) atoms. The van der Waals surface area contributed by atoms with Gasteiger partial charge in [-0.25, -0.2) is 8.42 Å². The first-order chi connectivity index (χ1) is 14.9. The minimum Gasteiger partial charge on any atom is -0.493 e. The van der Waals surface area contributed by atoms with Gasteiger partial charge in [-0.3, -0.25) is 4.79 Å². The third kappa shape index (κ3) is 5.34. The fourth-order valence-electron chi connectivity index (χ4n) is 3.51. The minimum absolute atomic E-state index is 0.0614. The summed E-state index contributed by atoms with van der Waals surface area (Å²) in [5.41, 5.74) is 2.72. The molecule has 3 rings (SSSR count). The van der Waals surface area contributed by atoms with Crippen LogP contribution in [0.2, 0.25) is 0 Å². The number of fused-ring (bicyclic) bond motifs is 1. The third-order valence-corrected chi connectivity index (χ3v) is 7.10. The molecule has 0 spiro atoms. The summed E-state index contributed by atoms with van der Waals surface area (Å²) in [5.74, 6) is 0.813. The van der Waals surface area contributed by atoms with E-state index in [-0.39, 0.29) is 24.7 Å². The predicted octanol–water partition coefficient (Wildman–Crippen LogP) is 2.08. The lowest BCUT2D eigenvalue weighted by molar-refractivity contribution is 0.0953. The molecule has 8 nitrogen and oxygen atoms in total. The van der Waals surface area contributed by atoms with Crippen LogP contribution in [0, 0.1) is 11.3 Å². The molecule has 0 atom stereocenters. The van der Waals surface area contributed by atoms with Crippen molar-refractivity contribution in [3.63, 3.8) is 0 Å². The summed E-state index contributed by atoms with van der Waals surface area (Å²) in [6.07, 6.45) is 0.891. The van der Waals surface area contributed by atoms with E-state index in [1.807, 2.05) is 18.2 Å². The van der Waals surface area contributed by atoms with E-state index in [2.05, 4.69) is 5.32 Å². The van der Waals surface area contributed by atoms with Crippen LogP contribution in [0.25, 0.3) is 0 Å². The van der Waals surface area contributed by atoms with Crippen molar-refractivity contribution in [2.75, 3.05) is 33.1 Å². The Morgan fingerprint density at radius 3 is 2.55 bits per heavy atom. The number of methoxy groups -OCH3 is 2. The highest BCUT2D eigenvalue weighted by molar-refractivity contribution is 7.89. The van der Waals surface area contributed by atoms with E-state index < -0.39 is 10.0 Å². The Kier molecular flexibility index (Phi) is 7.15. The van der Waals surface area contributed by atoms with Gasteiger partial charge in [-0.15, -0.1) is 0 Å². The molecule has 2 aromatic rings. The molecule has 1 aliphatic heterocycles. The topological polar surface area (TPSA) is 109 Å². The number of hydrogen-bond donors (Lipinski definition) is 1. The quantitative estimate of drug-likeness (QED) is 0.626. The van der Waals surface area contributed by atoms with Crippen molar-refractivity contribution in [1.29, 1.82) is 5.26 Å². The second-order valence-corrected chi connectivity index (χ2v) is 9.27. The molecule has 0 saturated carbocycles. The van der Waals surface area contributed by atoms with E-state index in [0.717, 1.165) is 11.1 Å².